The molecule has 0 heterocycles. The standard InChI is InChI=1S/C13H14O4/c1-9(13(15)16)7-8-17-12-5-3-11(4-6-12)10(2)14/h3-6H,1,7-8H2,2H3,(H,15,16). The number of benzene rings is 1. The molecule has 0 atom stereocenters. The Balaban J connectivity index is 2.45. The number of ether oxygens (including phenoxy) is 1. The minimum atomic E-state index is -1.01. The fourth-order valence-electron chi connectivity index (χ4n) is 1.18. The van der Waals surface area contributed by atoms with Gasteiger partial charge in [-0.15, -0.1) is 0 Å². The quantitative estimate of drug-likeness (QED) is 0.606. The Bertz CT molecular complexity index is 431. The number of carboxylic acids is 1. The van der Waals surface area contributed by atoms with Crippen molar-refractivity contribution in [1.82, 2.24) is 0 Å². The number of hydrogen-bond acceptors (Lipinski definition) is 3. The second-order valence-electron chi connectivity index (χ2n) is 3.59. The SMILES string of the molecule is C=C(CCOc1ccc(C(C)=O)cc1)C(=O)O. The van der Waals surface area contributed by atoms with Crippen LogP contribution >= 0.6 is 0 Å². The van der Waals surface area contributed by atoms with Crippen LogP contribution in [0.3, 0.4) is 0 Å². The van der Waals surface area contributed by atoms with Gasteiger partial charge in [-0.2, -0.15) is 0 Å². The Morgan fingerprint density at radius 1 is 1.29 bits per heavy atom. The van der Waals surface area contributed by atoms with E-state index in [0.29, 0.717) is 11.3 Å². The molecule has 1 rings (SSSR count). The number of carboxylic acid groups (broad SMARTS) is 1. The van der Waals surface area contributed by atoms with E-state index in [4.69, 9.17) is 9.84 Å². The molecular formula is C13H14O4. The molecule has 1 aromatic carbocycles. The summed E-state index contributed by atoms with van der Waals surface area (Å²) >= 11 is 0. The molecule has 0 aliphatic rings. The summed E-state index contributed by atoms with van der Waals surface area (Å²) in [6.07, 6.45) is 0.268. The zero-order chi connectivity index (χ0) is 12.8. The van der Waals surface area contributed by atoms with Crippen LogP contribution in [0, 0.1) is 0 Å². The van der Waals surface area contributed by atoms with Gasteiger partial charge >= 0.3 is 5.97 Å². The molecular weight excluding hydrogens is 220 g/mol. The van der Waals surface area contributed by atoms with Gasteiger partial charge in [0.1, 0.15) is 5.75 Å². The van der Waals surface area contributed by atoms with Gasteiger partial charge in [-0.25, -0.2) is 4.79 Å². The van der Waals surface area contributed by atoms with Crippen molar-refractivity contribution >= 4 is 11.8 Å². The number of rotatable bonds is 6. The summed E-state index contributed by atoms with van der Waals surface area (Å²) in [6.45, 7) is 5.15. The smallest absolute Gasteiger partial charge is 0.331 e. The summed E-state index contributed by atoms with van der Waals surface area (Å²) in [5, 5.41) is 8.58. The third-order valence-electron chi connectivity index (χ3n) is 2.24. The van der Waals surface area contributed by atoms with Crippen LogP contribution in [-0.2, 0) is 4.79 Å². The van der Waals surface area contributed by atoms with Crippen molar-refractivity contribution in [2.45, 2.75) is 13.3 Å². The maximum absolute atomic E-state index is 11.0. The molecule has 0 aliphatic heterocycles. The molecule has 0 unspecified atom stereocenters. The second kappa shape index (κ2) is 5.84. The molecule has 4 heteroatoms. The number of hydrogen-bond donors (Lipinski definition) is 1. The Labute approximate surface area is 99.5 Å². The van der Waals surface area contributed by atoms with Crippen molar-refractivity contribution in [3.8, 4) is 5.75 Å². The highest BCUT2D eigenvalue weighted by Crippen LogP contribution is 2.13. The normalized spacial score (nSPS) is 9.71. The summed E-state index contributed by atoms with van der Waals surface area (Å²) in [6, 6.07) is 6.70. The summed E-state index contributed by atoms with van der Waals surface area (Å²) < 4.78 is 5.33. The van der Waals surface area contributed by atoms with Crippen LogP contribution in [-0.4, -0.2) is 23.5 Å². The van der Waals surface area contributed by atoms with E-state index in [9.17, 15) is 9.59 Å². The Morgan fingerprint density at radius 3 is 2.35 bits per heavy atom. The number of carbonyl (C=O) groups excluding carboxylic acids is 1. The fraction of sp³-hybridized carbons (Fsp3) is 0.231. The van der Waals surface area contributed by atoms with Crippen molar-refractivity contribution in [1.29, 1.82) is 0 Å². The lowest BCUT2D eigenvalue weighted by molar-refractivity contribution is -0.132. The van der Waals surface area contributed by atoms with Gasteiger partial charge in [-0.1, -0.05) is 6.58 Å². The predicted octanol–water partition coefficient (Wildman–Crippen LogP) is 2.30. The van der Waals surface area contributed by atoms with Crippen LogP contribution in [0.4, 0.5) is 0 Å². The van der Waals surface area contributed by atoms with E-state index in [0.717, 1.165) is 0 Å². The summed E-state index contributed by atoms with van der Waals surface area (Å²) in [5.74, 6) is -0.412. The lowest BCUT2D eigenvalue weighted by Crippen LogP contribution is -2.05. The molecule has 4 nitrogen and oxygen atoms in total. The second-order valence-corrected chi connectivity index (χ2v) is 3.59. The van der Waals surface area contributed by atoms with Crippen molar-refractivity contribution < 1.29 is 19.4 Å². The van der Waals surface area contributed by atoms with Crippen molar-refractivity contribution in [2.75, 3.05) is 6.61 Å². The summed E-state index contributed by atoms with van der Waals surface area (Å²) in [4.78, 5) is 21.5. The molecule has 17 heavy (non-hydrogen) atoms. The number of Topliss-reactive ketones (excluding diaryl/α,β-unsaturated/α-hetero) is 1. The van der Waals surface area contributed by atoms with E-state index in [2.05, 4.69) is 6.58 Å². The third kappa shape index (κ3) is 4.10. The van der Waals surface area contributed by atoms with Gasteiger partial charge in [0.15, 0.2) is 5.78 Å². The first-order valence-electron chi connectivity index (χ1n) is 5.15. The molecule has 90 valence electrons. The molecule has 1 N–H and O–H groups in total. The topological polar surface area (TPSA) is 63.6 Å². The monoisotopic (exact) mass is 234 g/mol. The molecule has 0 saturated carbocycles. The minimum absolute atomic E-state index is 0.00388. The van der Waals surface area contributed by atoms with E-state index in [1.54, 1.807) is 24.3 Å². The van der Waals surface area contributed by atoms with Crippen molar-refractivity contribution in [3.05, 3.63) is 42.0 Å². The van der Waals surface area contributed by atoms with Crippen LogP contribution in [0.5, 0.6) is 5.75 Å². The first kappa shape index (κ1) is 13.0. The molecule has 0 amide bonds. The number of ketones is 1. The maximum atomic E-state index is 11.0. The number of carbonyl (C=O) groups is 2. The molecule has 0 radical (unpaired) electrons. The minimum Gasteiger partial charge on any atom is -0.493 e. The largest absolute Gasteiger partial charge is 0.493 e. The zero-order valence-corrected chi connectivity index (χ0v) is 9.60. The average molecular weight is 234 g/mol. The molecule has 0 fully saturated rings. The highest BCUT2D eigenvalue weighted by atomic mass is 16.5. The Kier molecular flexibility index (Phi) is 4.46. The van der Waals surface area contributed by atoms with E-state index in [-0.39, 0.29) is 24.4 Å². The van der Waals surface area contributed by atoms with Gasteiger partial charge in [0.25, 0.3) is 0 Å². The highest BCUT2D eigenvalue weighted by molar-refractivity contribution is 5.94. The summed E-state index contributed by atoms with van der Waals surface area (Å²) in [7, 11) is 0. The predicted molar refractivity (Wildman–Crippen MR) is 63.3 cm³/mol. The van der Waals surface area contributed by atoms with E-state index in [1.165, 1.54) is 6.92 Å². The van der Waals surface area contributed by atoms with Crippen LogP contribution in [0.2, 0.25) is 0 Å². The fourth-order valence-corrected chi connectivity index (χ4v) is 1.18. The third-order valence-corrected chi connectivity index (χ3v) is 2.24. The molecule has 0 bridgehead atoms. The van der Waals surface area contributed by atoms with Crippen molar-refractivity contribution in [3.63, 3.8) is 0 Å². The molecule has 0 saturated heterocycles. The van der Waals surface area contributed by atoms with Gasteiger partial charge in [0, 0.05) is 17.6 Å². The van der Waals surface area contributed by atoms with Crippen LogP contribution in [0.15, 0.2) is 36.4 Å². The van der Waals surface area contributed by atoms with Gasteiger partial charge < -0.3 is 9.84 Å². The summed E-state index contributed by atoms with van der Waals surface area (Å²) in [5.41, 5.74) is 0.734. The average Bonchev–Trinajstić information content (AvgIpc) is 2.29. The first-order chi connectivity index (χ1) is 8.00. The Hall–Kier alpha value is -2.10. The van der Waals surface area contributed by atoms with Gasteiger partial charge in [0.2, 0.25) is 0 Å². The Morgan fingerprint density at radius 2 is 1.88 bits per heavy atom. The molecule has 0 aliphatic carbocycles. The lowest BCUT2D eigenvalue weighted by atomic mass is 10.1. The van der Waals surface area contributed by atoms with Gasteiger partial charge in [-0.05, 0) is 31.2 Å². The van der Waals surface area contributed by atoms with Crippen LogP contribution in [0.1, 0.15) is 23.7 Å². The maximum Gasteiger partial charge on any atom is 0.331 e. The first-order valence-corrected chi connectivity index (χ1v) is 5.15. The molecule has 0 spiro atoms. The van der Waals surface area contributed by atoms with E-state index >= 15 is 0 Å². The van der Waals surface area contributed by atoms with Crippen LogP contribution < -0.4 is 4.74 Å². The number of aliphatic carboxylic acids is 1. The molecule has 1 aromatic rings. The molecule has 0 aromatic heterocycles. The van der Waals surface area contributed by atoms with Gasteiger partial charge in [-0.3, -0.25) is 4.79 Å². The lowest BCUT2D eigenvalue weighted by Gasteiger charge is -2.06. The highest BCUT2D eigenvalue weighted by Gasteiger charge is 2.04. The van der Waals surface area contributed by atoms with Gasteiger partial charge in [0.05, 0.1) is 6.61 Å². The van der Waals surface area contributed by atoms with Crippen LogP contribution in [0.25, 0.3) is 0 Å². The van der Waals surface area contributed by atoms with Crippen molar-refractivity contribution in [2.24, 2.45) is 0 Å². The zero-order valence-electron chi connectivity index (χ0n) is 9.60. The van der Waals surface area contributed by atoms with E-state index in [1.807, 2.05) is 0 Å². The van der Waals surface area contributed by atoms with E-state index < -0.39 is 5.97 Å².